The first-order chi connectivity index (χ1) is 9.26. The molecule has 0 aliphatic rings. The maximum atomic E-state index is 13.8. The summed E-state index contributed by atoms with van der Waals surface area (Å²) < 4.78 is 13.8. The molecule has 2 rings (SSSR count). The van der Waals surface area contributed by atoms with Gasteiger partial charge < -0.3 is 10.6 Å². The van der Waals surface area contributed by atoms with Crippen molar-refractivity contribution in [2.45, 2.75) is 20.0 Å². The summed E-state index contributed by atoms with van der Waals surface area (Å²) >= 11 is 0. The molecule has 0 aliphatic carbocycles. The zero-order valence-electron chi connectivity index (χ0n) is 11.0. The third-order valence-electron chi connectivity index (χ3n) is 3.11. The minimum Gasteiger partial charge on any atom is -0.365 e. The van der Waals surface area contributed by atoms with Crippen molar-refractivity contribution in [2.75, 3.05) is 11.4 Å². The lowest BCUT2D eigenvalue weighted by Gasteiger charge is -2.24. The number of nitrogens with two attached hydrogens (primary N) is 1. The molecule has 0 bridgehead atoms. The van der Waals surface area contributed by atoms with E-state index in [9.17, 15) is 4.39 Å². The Morgan fingerprint density at radius 2 is 2.00 bits per heavy atom. The van der Waals surface area contributed by atoms with Crippen LogP contribution in [0.5, 0.6) is 0 Å². The van der Waals surface area contributed by atoms with E-state index in [1.165, 1.54) is 6.07 Å². The maximum Gasteiger partial charge on any atom is 0.146 e. The van der Waals surface area contributed by atoms with Crippen molar-refractivity contribution in [1.29, 1.82) is 0 Å². The van der Waals surface area contributed by atoms with Crippen LogP contribution in [-0.2, 0) is 13.1 Å². The highest BCUT2D eigenvalue weighted by Gasteiger charge is 2.11. The molecule has 0 saturated heterocycles. The van der Waals surface area contributed by atoms with Crippen LogP contribution in [-0.4, -0.2) is 11.5 Å². The van der Waals surface area contributed by atoms with Crippen LogP contribution < -0.4 is 10.6 Å². The van der Waals surface area contributed by atoms with Gasteiger partial charge in [-0.1, -0.05) is 18.2 Å². The lowest BCUT2D eigenvalue weighted by Crippen LogP contribution is -2.24. The molecule has 0 radical (unpaired) electrons. The molecule has 3 nitrogen and oxygen atoms in total. The minimum absolute atomic E-state index is 0.206. The fourth-order valence-corrected chi connectivity index (χ4v) is 2.08. The summed E-state index contributed by atoms with van der Waals surface area (Å²) in [5.74, 6) is -0.206. The second kappa shape index (κ2) is 6.29. The Morgan fingerprint density at radius 1 is 1.21 bits per heavy atom. The standard InChI is InChI=1S/C15H18FN3/c1-2-19(15-8-4-3-7-13(15)16)11-12-6-5-9-18-14(12)10-17/h3-9H,2,10-11,17H2,1H3. The van der Waals surface area contributed by atoms with Crippen LogP contribution in [0.4, 0.5) is 10.1 Å². The second-order valence-electron chi connectivity index (χ2n) is 4.28. The van der Waals surface area contributed by atoms with E-state index in [0.29, 0.717) is 18.8 Å². The van der Waals surface area contributed by atoms with Crippen LogP contribution in [0.15, 0.2) is 42.6 Å². The van der Waals surface area contributed by atoms with E-state index in [1.54, 1.807) is 18.3 Å². The van der Waals surface area contributed by atoms with Crippen LogP contribution >= 0.6 is 0 Å². The van der Waals surface area contributed by atoms with Crippen LogP contribution in [0.1, 0.15) is 18.2 Å². The number of halogens is 1. The maximum absolute atomic E-state index is 13.8. The predicted octanol–water partition coefficient (Wildman–Crippen LogP) is 2.71. The zero-order valence-corrected chi connectivity index (χ0v) is 11.0. The molecule has 1 aromatic carbocycles. The smallest absolute Gasteiger partial charge is 0.146 e. The van der Waals surface area contributed by atoms with Crippen molar-refractivity contribution < 1.29 is 4.39 Å². The molecule has 0 saturated carbocycles. The number of hydrogen-bond acceptors (Lipinski definition) is 3. The van der Waals surface area contributed by atoms with Gasteiger partial charge >= 0.3 is 0 Å². The van der Waals surface area contributed by atoms with E-state index in [-0.39, 0.29) is 5.82 Å². The molecule has 100 valence electrons. The van der Waals surface area contributed by atoms with Crippen molar-refractivity contribution in [3.05, 3.63) is 59.7 Å². The summed E-state index contributed by atoms with van der Waals surface area (Å²) in [6.45, 7) is 3.73. The van der Waals surface area contributed by atoms with Crippen LogP contribution in [0.25, 0.3) is 0 Å². The van der Waals surface area contributed by atoms with Gasteiger partial charge in [0, 0.05) is 25.8 Å². The third-order valence-corrected chi connectivity index (χ3v) is 3.11. The minimum atomic E-state index is -0.206. The molecule has 4 heteroatoms. The summed E-state index contributed by atoms with van der Waals surface area (Å²) in [7, 11) is 0. The number of aromatic nitrogens is 1. The Morgan fingerprint density at radius 3 is 2.68 bits per heavy atom. The predicted molar refractivity (Wildman–Crippen MR) is 75.3 cm³/mol. The molecule has 1 heterocycles. The van der Waals surface area contributed by atoms with Crippen LogP contribution in [0.2, 0.25) is 0 Å². The van der Waals surface area contributed by atoms with Gasteiger partial charge in [0.25, 0.3) is 0 Å². The molecule has 2 aromatic rings. The summed E-state index contributed by atoms with van der Waals surface area (Å²) in [6.07, 6.45) is 1.73. The van der Waals surface area contributed by atoms with Gasteiger partial charge in [-0.25, -0.2) is 4.39 Å². The summed E-state index contributed by atoms with van der Waals surface area (Å²) in [5.41, 5.74) is 8.19. The number of anilines is 1. The average molecular weight is 259 g/mol. The van der Waals surface area contributed by atoms with Gasteiger partial charge in [0.15, 0.2) is 0 Å². The monoisotopic (exact) mass is 259 g/mol. The van der Waals surface area contributed by atoms with Crippen molar-refractivity contribution in [2.24, 2.45) is 5.73 Å². The normalized spacial score (nSPS) is 10.5. The fraction of sp³-hybridized carbons (Fsp3) is 0.267. The topological polar surface area (TPSA) is 42.2 Å². The summed E-state index contributed by atoms with van der Waals surface area (Å²) in [6, 6.07) is 10.7. The SMILES string of the molecule is CCN(Cc1cccnc1CN)c1ccccc1F. The van der Waals surface area contributed by atoms with Crippen molar-refractivity contribution >= 4 is 5.69 Å². The highest BCUT2D eigenvalue weighted by molar-refractivity contribution is 5.48. The van der Waals surface area contributed by atoms with E-state index in [1.807, 2.05) is 30.0 Å². The molecular weight excluding hydrogens is 241 g/mol. The van der Waals surface area contributed by atoms with E-state index >= 15 is 0 Å². The zero-order chi connectivity index (χ0) is 13.7. The Hall–Kier alpha value is -1.94. The third kappa shape index (κ3) is 3.09. The highest BCUT2D eigenvalue weighted by Crippen LogP contribution is 2.21. The molecule has 0 fully saturated rings. The van der Waals surface area contributed by atoms with Gasteiger partial charge in [-0.2, -0.15) is 0 Å². The van der Waals surface area contributed by atoms with E-state index in [0.717, 1.165) is 17.8 Å². The van der Waals surface area contributed by atoms with Crippen molar-refractivity contribution in [3.63, 3.8) is 0 Å². The number of hydrogen-bond donors (Lipinski definition) is 1. The molecule has 0 atom stereocenters. The highest BCUT2D eigenvalue weighted by atomic mass is 19.1. The Balaban J connectivity index is 2.27. The Labute approximate surface area is 112 Å². The second-order valence-corrected chi connectivity index (χ2v) is 4.28. The molecule has 0 amide bonds. The summed E-state index contributed by atoms with van der Waals surface area (Å²) in [4.78, 5) is 6.23. The van der Waals surface area contributed by atoms with E-state index in [4.69, 9.17) is 5.73 Å². The first-order valence-electron chi connectivity index (χ1n) is 6.38. The fourth-order valence-electron chi connectivity index (χ4n) is 2.08. The van der Waals surface area contributed by atoms with E-state index in [2.05, 4.69) is 4.98 Å². The lowest BCUT2D eigenvalue weighted by atomic mass is 10.1. The van der Waals surface area contributed by atoms with Crippen molar-refractivity contribution in [3.8, 4) is 0 Å². The molecule has 2 N–H and O–H groups in total. The lowest BCUT2D eigenvalue weighted by molar-refractivity contribution is 0.617. The van der Waals surface area contributed by atoms with Gasteiger partial charge in [-0.15, -0.1) is 0 Å². The molecular formula is C15H18FN3. The van der Waals surface area contributed by atoms with Gasteiger partial charge in [0.2, 0.25) is 0 Å². The Bertz CT molecular complexity index is 542. The molecule has 1 aromatic heterocycles. The first kappa shape index (κ1) is 13.5. The van der Waals surface area contributed by atoms with Gasteiger partial charge in [-0.3, -0.25) is 4.98 Å². The molecule has 0 aliphatic heterocycles. The number of para-hydroxylation sites is 1. The molecule has 0 unspecified atom stereocenters. The number of rotatable bonds is 5. The van der Waals surface area contributed by atoms with Crippen LogP contribution in [0.3, 0.4) is 0 Å². The van der Waals surface area contributed by atoms with Gasteiger partial charge in [-0.05, 0) is 30.7 Å². The van der Waals surface area contributed by atoms with Gasteiger partial charge in [0.05, 0.1) is 11.4 Å². The summed E-state index contributed by atoms with van der Waals surface area (Å²) in [5, 5.41) is 0. The van der Waals surface area contributed by atoms with Crippen molar-refractivity contribution in [1.82, 2.24) is 4.98 Å². The molecule has 19 heavy (non-hydrogen) atoms. The molecule has 0 spiro atoms. The Kier molecular flexibility index (Phi) is 4.47. The number of benzene rings is 1. The number of nitrogens with zero attached hydrogens (tertiary/aromatic N) is 2. The van der Waals surface area contributed by atoms with E-state index < -0.39 is 0 Å². The first-order valence-corrected chi connectivity index (χ1v) is 6.38. The largest absolute Gasteiger partial charge is 0.365 e. The van der Waals surface area contributed by atoms with Crippen LogP contribution in [0, 0.1) is 5.82 Å². The average Bonchev–Trinajstić information content (AvgIpc) is 2.46. The quantitative estimate of drug-likeness (QED) is 0.897. The van der Waals surface area contributed by atoms with Gasteiger partial charge in [0.1, 0.15) is 5.82 Å². The number of pyridine rings is 1.